The minimum absolute atomic E-state index is 0. The minimum atomic E-state index is -5.13. The summed E-state index contributed by atoms with van der Waals surface area (Å²) in [7, 11) is 0. The molecule has 0 bridgehead atoms. The van der Waals surface area contributed by atoms with Gasteiger partial charge >= 0.3 is 58.4 Å². The Morgan fingerprint density at radius 2 is 1.86 bits per heavy atom. The van der Waals surface area contributed by atoms with Crippen LogP contribution in [0.5, 0.6) is 0 Å². The monoisotopic (exact) mass is 224 g/mol. The van der Waals surface area contributed by atoms with E-state index in [4.69, 9.17) is 11.0 Å². The maximum Gasteiger partial charge on any atom is 1.00 e. The third-order valence-electron chi connectivity index (χ3n) is 1.55. The van der Waals surface area contributed by atoms with Crippen molar-refractivity contribution in [1.29, 1.82) is 5.26 Å². The Hall–Kier alpha value is 0.00130. The van der Waals surface area contributed by atoms with Gasteiger partial charge in [-0.15, -0.1) is 0 Å². The second kappa shape index (κ2) is 5.19. The molecule has 68 valence electrons. The summed E-state index contributed by atoms with van der Waals surface area (Å²) >= 11 is 0. The Kier molecular flexibility index (Phi) is 5.19. The van der Waals surface area contributed by atoms with Crippen LogP contribution >= 0.6 is 0 Å². The van der Waals surface area contributed by atoms with Gasteiger partial charge in [-0.25, -0.2) is 0 Å². The average molecular weight is 224 g/mol. The molecule has 0 radical (unpaired) electrons. The number of hydrogen-bond acceptors (Lipinski definition) is 2. The molecule has 0 saturated carbocycles. The number of hydrogen-bond donors (Lipinski definition) is 1. The number of nitriles is 1. The fourth-order valence-corrected chi connectivity index (χ4v) is 0.956. The first-order valence-electron chi connectivity index (χ1n) is 3.44. The molecule has 0 heterocycles. The zero-order valence-corrected chi connectivity index (χ0v) is 10.6. The van der Waals surface area contributed by atoms with Crippen molar-refractivity contribution < 1.29 is 64.3 Å². The second-order valence-corrected chi connectivity index (χ2v) is 2.53. The average Bonchev–Trinajstić information content (AvgIpc) is 2.01. The van der Waals surface area contributed by atoms with Crippen LogP contribution in [-0.2, 0) is 0 Å². The Bertz CT molecular complexity index is 372. The van der Waals surface area contributed by atoms with Crippen LogP contribution in [-0.4, -0.2) is 6.98 Å². The number of rotatable bonds is 1. The number of nitrogens with zero attached hydrogens (tertiary/aromatic N) is 1. The molecule has 7 heteroatoms. The fourth-order valence-electron chi connectivity index (χ4n) is 0.956. The molecule has 0 atom stereocenters. The van der Waals surface area contributed by atoms with Crippen LogP contribution in [0.3, 0.4) is 0 Å². The van der Waals surface area contributed by atoms with Crippen molar-refractivity contribution in [3.05, 3.63) is 23.8 Å². The van der Waals surface area contributed by atoms with Gasteiger partial charge in [-0.3, -0.25) is 0 Å². The SMILES string of the molecule is N#Cc1cc(N)ccc1[B-](F)(F)F.[K+]. The zero-order chi connectivity index (χ0) is 10.1. The molecule has 2 nitrogen and oxygen atoms in total. The molecule has 14 heavy (non-hydrogen) atoms. The van der Waals surface area contributed by atoms with Crippen molar-refractivity contribution in [3.8, 4) is 6.07 Å². The third kappa shape index (κ3) is 3.29. The van der Waals surface area contributed by atoms with Gasteiger partial charge in [-0.1, -0.05) is 11.5 Å². The van der Waals surface area contributed by atoms with Crippen molar-refractivity contribution in [2.45, 2.75) is 0 Å². The van der Waals surface area contributed by atoms with Gasteiger partial charge in [0, 0.05) is 11.3 Å². The van der Waals surface area contributed by atoms with Crippen LogP contribution in [0.4, 0.5) is 18.6 Å². The number of nitrogen functional groups attached to an aromatic ring is 1. The summed E-state index contributed by atoms with van der Waals surface area (Å²) in [6, 6.07) is 4.43. The molecule has 0 aromatic heterocycles. The van der Waals surface area contributed by atoms with Crippen molar-refractivity contribution >= 4 is 18.1 Å². The first-order valence-corrected chi connectivity index (χ1v) is 3.44. The van der Waals surface area contributed by atoms with Gasteiger partial charge in [0.25, 0.3) is 0 Å². The molecule has 0 aliphatic rings. The van der Waals surface area contributed by atoms with Gasteiger partial charge in [0.1, 0.15) is 0 Å². The molecule has 0 aliphatic heterocycles. The fraction of sp³-hybridized carbons (Fsp3) is 0. The van der Waals surface area contributed by atoms with Crippen molar-refractivity contribution in [1.82, 2.24) is 0 Å². The molecular weight excluding hydrogens is 219 g/mol. The summed E-state index contributed by atoms with van der Waals surface area (Å²) in [5, 5.41) is 8.41. The van der Waals surface area contributed by atoms with Crippen molar-refractivity contribution in [2.75, 3.05) is 5.73 Å². The van der Waals surface area contributed by atoms with E-state index >= 15 is 0 Å². The Balaban J connectivity index is 0.00000169. The molecule has 2 N–H and O–H groups in total. The molecule has 0 spiro atoms. The van der Waals surface area contributed by atoms with Crippen LogP contribution in [0.25, 0.3) is 0 Å². The largest absolute Gasteiger partial charge is 1.00 e. The molecule has 1 aromatic carbocycles. The summed E-state index contributed by atoms with van der Waals surface area (Å²) in [4.78, 5) is 0. The van der Waals surface area contributed by atoms with Gasteiger partial charge in [-0.05, 0) is 12.1 Å². The Morgan fingerprint density at radius 3 is 2.29 bits per heavy atom. The molecule has 0 amide bonds. The summed E-state index contributed by atoms with van der Waals surface area (Å²) < 4.78 is 36.7. The molecule has 0 fully saturated rings. The van der Waals surface area contributed by atoms with E-state index in [1.165, 1.54) is 6.07 Å². The molecule has 0 unspecified atom stereocenters. The van der Waals surface area contributed by atoms with Crippen LogP contribution in [0.15, 0.2) is 18.2 Å². The molecule has 0 saturated heterocycles. The number of nitrogens with two attached hydrogens (primary N) is 1. The van der Waals surface area contributed by atoms with E-state index in [0.29, 0.717) is 0 Å². The second-order valence-electron chi connectivity index (χ2n) is 2.53. The van der Waals surface area contributed by atoms with E-state index in [1.807, 2.05) is 0 Å². The smallest absolute Gasteiger partial charge is 0.445 e. The van der Waals surface area contributed by atoms with Crippen molar-refractivity contribution in [2.24, 2.45) is 0 Å². The van der Waals surface area contributed by atoms with E-state index in [-0.39, 0.29) is 57.1 Å². The van der Waals surface area contributed by atoms with Gasteiger partial charge in [0.05, 0.1) is 6.07 Å². The van der Waals surface area contributed by atoms with Gasteiger partial charge in [-0.2, -0.15) is 5.26 Å². The quantitative estimate of drug-likeness (QED) is 0.452. The number of anilines is 1. The molecular formula is C7H5BF3KN2. The third-order valence-corrected chi connectivity index (χ3v) is 1.55. The maximum atomic E-state index is 12.2. The Morgan fingerprint density at radius 1 is 1.29 bits per heavy atom. The van der Waals surface area contributed by atoms with Gasteiger partial charge in [0.15, 0.2) is 0 Å². The van der Waals surface area contributed by atoms with Crippen LogP contribution in [0, 0.1) is 11.3 Å². The predicted octanol–water partition coefficient (Wildman–Crippen LogP) is -1.80. The topological polar surface area (TPSA) is 49.8 Å². The summed E-state index contributed by atoms with van der Waals surface area (Å²) in [6.45, 7) is -5.13. The Labute approximate surface area is 122 Å². The van der Waals surface area contributed by atoms with E-state index in [9.17, 15) is 12.9 Å². The summed E-state index contributed by atoms with van der Waals surface area (Å²) in [5.74, 6) is 0. The normalized spacial score (nSPS) is 10.1. The van der Waals surface area contributed by atoms with E-state index in [0.717, 1.165) is 18.2 Å². The molecule has 0 aliphatic carbocycles. The van der Waals surface area contributed by atoms with Crippen LogP contribution in [0.1, 0.15) is 5.56 Å². The minimum Gasteiger partial charge on any atom is -0.445 e. The van der Waals surface area contributed by atoms with Gasteiger partial charge in [0.2, 0.25) is 0 Å². The first kappa shape index (κ1) is 14.0. The van der Waals surface area contributed by atoms with Crippen molar-refractivity contribution in [3.63, 3.8) is 0 Å². The summed E-state index contributed by atoms with van der Waals surface area (Å²) in [5.41, 5.74) is 4.07. The predicted molar refractivity (Wildman–Crippen MR) is 44.3 cm³/mol. The standard InChI is InChI=1S/C7H5BF3N2.K/c9-8(10,11)7-2-1-6(13)3-5(7)4-12;/h1-3H,13H2;/q-1;+1. The number of halogens is 3. The molecule has 1 aromatic rings. The van der Waals surface area contributed by atoms with Gasteiger partial charge < -0.3 is 18.7 Å². The first-order chi connectivity index (χ1) is 5.95. The summed E-state index contributed by atoms with van der Waals surface area (Å²) in [6.07, 6.45) is 0. The maximum absolute atomic E-state index is 12.2. The van der Waals surface area contributed by atoms with Crippen LogP contribution < -0.4 is 62.6 Å². The van der Waals surface area contributed by atoms with E-state index in [2.05, 4.69) is 0 Å². The van der Waals surface area contributed by atoms with Crippen LogP contribution in [0.2, 0.25) is 0 Å². The zero-order valence-electron chi connectivity index (χ0n) is 7.47. The van der Waals surface area contributed by atoms with E-state index in [1.54, 1.807) is 0 Å². The van der Waals surface area contributed by atoms with E-state index < -0.39 is 18.0 Å². The molecule has 1 rings (SSSR count). The number of benzene rings is 1.